The largest absolute Gasteiger partial charge is 0.454 e. The second kappa shape index (κ2) is 8.83. The molecule has 3 heterocycles. The Labute approximate surface area is 186 Å². The van der Waals surface area contributed by atoms with Crippen LogP contribution in [0.5, 0.6) is 0 Å². The van der Waals surface area contributed by atoms with Crippen molar-refractivity contribution in [2.45, 2.75) is 32.7 Å². The molecule has 0 amide bonds. The molecule has 0 atom stereocenters. The van der Waals surface area contributed by atoms with Gasteiger partial charge in [0.15, 0.2) is 5.58 Å². The van der Waals surface area contributed by atoms with E-state index in [1.807, 2.05) is 25.3 Å². The Morgan fingerprint density at radius 2 is 1.90 bits per heavy atom. The van der Waals surface area contributed by atoms with Crippen LogP contribution in [0.3, 0.4) is 0 Å². The molecule has 1 aliphatic carbocycles. The van der Waals surface area contributed by atoms with Crippen molar-refractivity contribution in [1.82, 2.24) is 10.3 Å². The maximum atomic E-state index is 12.3. The molecule has 0 radical (unpaired) electrons. The van der Waals surface area contributed by atoms with Crippen LogP contribution in [-0.2, 0) is 24.1 Å². The van der Waals surface area contributed by atoms with E-state index in [1.165, 1.54) is 17.2 Å². The maximum absolute atomic E-state index is 12.3. The number of hydrogen-bond acceptors (Lipinski definition) is 6. The zero-order valence-corrected chi connectivity index (χ0v) is 18.4. The molecular weight excluding hydrogens is 416 g/mol. The Morgan fingerprint density at radius 1 is 1.10 bits per heavy atom. The monoisotopic (exact) mass is 440 g/mol. The number of aryl methyl sites for hydroxylation is 3. The summed E-state index contributed by atoms with van der Waals surface area (Å²) in [4.78, 5) is 16.8. The number of rotatable bonds is 6. The van der Waals surface area contributed by atoms with Gasteiger partial charge in [-0.05, 0) is 61.1 Å². The molecule has 1 aromatic carbocycles. The molecule has 0 spiro atoms. The molecule has 0 bridgehead atoms. The van der Waals surface area contributed by atoms with Gasteiger partial charge in [-0.15, -0.1) is 12.4 Å². The molecule has 1 aliphatic rings. The average Bonchev–Trinajstić information content (AvgIpc) is 3.38. The van der Waals surface area contributed by atoms with Gasteiger partial charge < -0.3 is 18.9 Å². The van der Waals surface area contributed by atoms with Gasteiger partial charge in [0, 0.05) is 48.8 Å². The summed E-state index contributed by atoms with van der Waals surface area (Å²) in [5, 5.41) is 5.28. The number of methoxy groups -OCH3 is 1. The molecule has 0 saturated heterocycles. The van der Waals surface area contributed by atoms with E-state index in [-0.39, 0.29) is 18.0 Å². The van der Waals surface area contributed by atoms with E-state index in [2.05, 4.69) is 16.4 Å². The van der Waals surface area contributed by atoms with Crippen LogP contribution in [0.15, 0.2) is 44.1 Å². The minimum Gasteiger partial charge on any atom is -0.454 e. The molecule has 162 valence electrons. The predicted molar refractivity (Wildman–Crippen MR) is 123 cm³/mol. The SMILES string of the molecule is COCCNCc1cnc(C)c2oc(-c3cc(=O)oc4cc5c(cc34)CCC5)cc12.Cl. The first kappa shape index (κ1) is 21.6. The molecule has 0 unspecified atom stereocenters. The zero-order valence-electron chi connectivity index (χ0n) is 17.6. The Bertz CT molecular complexity index is 1310. The third-order valence-electron chi connectivity index (χ3n) is 5.84. The quantitative estimate of drug-likeness (QED) is 0.350. The van der Waals surface area contributed by atoms with E-state index in [9.17, 15) is 4.79 Å². The molecule has 5 rings (SSSR count). The van der Waals surface area contributed by atoms with Gasteiger partial charge in [-0.1, -0.05) is 0 Å². The number of fused-ring (bicyclic) bond motifs is 3. The lowest BCUT2D eigenvalue weighted by atomic mass is 10.0. The van der Waals surface area contributed by atoms with E-state index in [0.717, 1.165) is 59.0 Å². The van der Waals surface area contributed by atoms with Crippen molar-refractivity contribution in [3.05, 3.63) is 63.3 Å². The molecule has 1 N–H and O–H groups in total. The average molecular weight is 441 g/mol. The topological polar surface area (TPSA) is 77.5 Å². The van der Waals surface area contributed by atoms with Crippen molar-refractivity contribution in [2.75, 3.05) is 20.3 Å². The number of nitrogens with one attached hydrogen (secondary N) is 1. The summed E-state index contributed by atoms with van der Waals surface area (Å²) in [7, 11) is 1.69. The van der Waals surface area contributed by atoms with E-state index in [1.54, 1.807) is 7.11 Å². The number of aromatic nitrogens is 1. The van der Waals surface area contributed by atoms with Crippen molar-refractivity contribution in [3.63, 3.8) is 0 Å². The molecule has 31 heavy (non-hydrogen) atoms. The highest BCUT2D eigenvalue weighted by atomic mass is 35.5. The highest BCUT2D eigenvalue weighted by Gasteiger charge is 2.19. The van der Waals surface area contributed by atoms with Crippen LogP contribution in [0.1, 0.15) is 28.8 Å². The van der Waals surface area contributed by atoms with E-state index < -0.39 is 0 Å². The van der Waals surface area contributed by atoms with Gasteiger partial charge in [0.25, 0.3) is 0 Å². The fourth-order valence-electron chi connectivity index (χ4n) is 4.31. The van der Waals surface area contributed by atoms with Gasteiger partial charge in [-0.25, -0.2) is 4.79 Å². The summed E-state index contributed by atoms with van der Waals surface area (Å²) < 4.78 is 16.9. The van der Waals surface area contributed by atoms with E-state index in [4.69, 9.17) is 13.6 Å². The number of ether oxygens (including phenoxy) is 1. The van der Waals surface area contributed by atoms with Gasteiger partial charge in [-0.2, -0.15) is 0 Å². The Morgan fingerprint density at radius 3 is 2.71 bits per heavy atom. The number of nitrogens with zero attached hydrogens (tertiary/aromatic N) is 1. The van der Waals surface area contributed by atoms with Gasteiger partial charge >= 0.3 is 5.63 Å². The minimum absolute atomic E-state index is 0. The third kappa shape index (κ3) is 3.99. The van der Waals surface area contributed by atoms with Gasteiger partial charge in [0.05, 0.1) is 12.3 Å². The standard InChI is InChI=1S/C24H24N2O4.ClH/c1-14-24-18(17(13-26-14)12-25-6-7-28-2)10-22(30-24)20-11-23(27)29-21-9-16-5-3-4-15(16)8-19(20)21;/h8-11,13,25H,3-7,12H2,1-2H3;1H. The summed E-state index contributed by atoms with van der Waals surface area (Å²) in [6, 6.07) is 7.71. The van der Waals surface area contributed by atoms with Crippen LogP contribution in [0, 0.1) is 6.92 Å². The number of pyridine rings is 1. The van der Waals surface area contributed by atoms with Crippen LogP contribution in [0.2, 0.25) is 0 Å². The normalized spacial score (nSPS) is 13.0. The molecule has 6 nitrogen and oxygen atoms in total. The smallest absolute Gasteiger partial charge is 0.336 e. The number of halogens is 1. The fourth-order valence-corrected chi connectivity index (χ4v) is 4.31. The molecule has 0 aliphatic heterocycles. The van der Waals surface area contributed by atoms with Crippen LogP contribution in [0.4, 0.5) is 0 Å². The summed E-state index contributed by atoms with van der Waals surface area (Å²) >= 11 is 0. The summed E-state index contributed by atoms with van der Waals surface area (Å²) in [6.07, 6.45) is 5.11. The third-order valence-corrected chi connectivity index (χ3v) is 5.84. The first-order chi connectivity index (χ1) is 14.6. The zero-order chi connectivity index (χ0) is 20.7. The van der Waals surface area contributed by atoms with Crippen LogP contribution < -0.4 is 10.9 Å². The summed E-state index contributed by atoms with van der Waals surface area (Å²) in [5.41, 5.74) is 6.25. The second-order valence-electron chi connectivity index (χ2n) is 7.84. The molecule has 0 saturated carbocycles. The molecule has 7 heteroatoms. The Balaban J connectivity index is 0.00000231. The first-order valence-corrected chi connectivity index (χ1v) is 10.3. The lowest BCUT2D eigenvalue weighted by Crippen LogP contribution is -2.18. The van der Waals surface area contributed by atoms with E-state index in [0.29, 0.717) is 24.5 Å². The first-order valence-electron chi connectivity index (χ1n) is 10.3. The Kier molecular flexibility index (Phi) is 6.14. The van der Waals surface area contributed by atoms with Crippen molar-refractivity contribution in [2.24, 2.45) is 0 Å². The molecule has 0 fully saturated rings. The predicted octanol–water partition coefficient (Wildman–Crippen LogP) is 4.56. The fraction of sp³-hybridized carbons (Fsp3) is 0.333. The summed E-state index contributed by atoms with van der Waals surface area (Å²) in [6.45, 7) is 4.00. The number of furan rings is 1. The van der Waals surface area contributed by atoms with Crippen LogP contribution in [-0.4, -0.2) is 25.2 Å². The highest BCUT2D eigenvalue weighted by Crippen LogP contribution is 2.36. The van der Waals surface area contributed by atoms with Gasteiger partial charge in [0.2, 0.25) is 0 Å². The van der Waals surface area contributed by atoms with Crippen molar-refractivity contribution >= 4 is 34.3 Å². The number of hydrogen-bond donors (Lipinski definition) is 1. The Hall–Kier alpha value is -2.67. The van der Waals surface area contributed by atoms with Crippen molar-refractivity contribution in [1.29, 1.82) is 0 Å². The van der Waals surface area contributed by atoms with E-state index >= 15 is 0 Å². The second-order valence-corrected chi connectivity index (χ2v) is 7.84. The van der Waals surface area contributed by atoms with Gasteiger partial charge in [0.1, 0.15) is 11.3 Å². The minimum atomic E-state index is -0.368. The molecule has 3 aromatic heterocycles. The highest BCUT2D eigenvalue weighted by molar-refractivity contribution is 5.96. The summed E-state index contributed by atoms with van der Waals surface area (Å²) in [5.74, 6) is 0.662. The lowest BCUT2D eigenvalue weighted by Gasteiger charge is -2.06. The lowest BCUT2D eigenvalue weighted by molar-refractivity contribution is 0.199. The van der Waals surface area contributed by atoms with Crippen LogP contribution >= 0.6 is 12.4 Å². The number of benzene rings is 1. The van der Waals surface area contributed by atoms with Crippen LogP contribution in [0.25, 0.3) is 33.3 Å². The molecular formula is C24H25ClN2O4. The van der Waals surface area contributed by atoms with Crippen molar-refractivity contribution in [3.8, 4) is 11.3 Å². The van der Waals surface area contributed by atoms with Crippen molar-refractivity contribution < 1.29 is 13.6 Å². The molecule has 4 aromatic rings. The maximum Gasteiger partial charge on any atom is 0.336 e. The van der Waals surface area contributed by atoms with Gasteiger partial charge in [-0.3, -0.25) is 4.98 Å².